The van der Waals surface area contributed by atoms with Crippen molar-refractivity contribution < 1.29 is 13.2 Å². The van der Waals surface area contributed by atoms with Gasteiger partial charge in [-0.1, -0.05) is 13.0 Å². The molecule has 0 aliphatic carbocycles. The first kappa shape index (κ1) is 13.0. The van der Waals surface area contributed by atoms with Gasteiger partial charge in [0.1, 0.15) is 12.3 Å². The average Bonchev–Trinajstić information content (AvgIpc) is 2.85. The van der Waals surface area contributed by atoms with Gasteiger partial charge in [-0.15, -0.1) is 0 Å². The van der Waals surface area contributed by atoms with Crippen LogP contribution in [-0.4, -0.2) is 19.3 Å². The van der Waals surface area contributed by atoms with Crippen molar-refractivity contribution >= 4 is 11.0 Å². The number of nitrogens with one attached hydrogen (secondary N) is 1. The summed E-state index contributed by atoms with van der Waals surface area (Å²) in [5.41, 5.74) is -0.995. The molecular weight excluding hydrogens is 236 g/mol. The molecule has 2 atom stereocenters. The van der Waals surface area contributed by atoms with Crippen LogP contribution in [0.4, 0.5) is 8.78 Å². The van der Waals surface area contributed by atoms with E-state index in [-0.39, 0.29) is 0 Å². The Labute approximate surface area is 105 Å². The Bertz CT molecular complexity index is 525. The van der Waals surface area contributed by atoms with Gasteiger partial charge in [0.25, 0.3) is 0 Å². The van der Waals surface area contributed by atoms with E-state index in [2.05, 4.69) is 5.32 Å². The molecule has 2 nitrogen and oxygen atoms in total. The molecule has 0 saturated carbocycles. The van der Waals surface area contributed by atoms with Crippen molar-refractivity contribution in [2.75, 3.05) is 13.2 Å². The Balaban J connectivity index is 2.41. The Morgan fingerprint density at radius 1 is 1.39 bits per heavy atom. The van der Waals surface area contributed by atoms with Gasteiger partial charge in [0.15, 0.2) is 5.67 Å². The second-order valence-corrected chi connectivity index (χ2v) is 4.45. The summed E-state index contributed by atoms with van der Waals surface area (Å²) in [5.74, 6) is 0. The molecule has 2 unspecified atom stereocenters. The quantitative estimate of drug-likeness (QED) is 0.881. The molecule has 0 aliphatic heterocycles. The molecule has 1 N–H and O–H groups in total. The molecule has 1 aromatic carbocycles. The fourth-order valence-corrected chi connectivity index (χ4v) is 2.14. The number of benzene rings is 1. The van der Waals surface area contributed by atoms with E-state index >= 15 is 0 Å². The maximum Gasteiger partial charge on any atom is 0.179 e. The van der Waals surface area contributed by atoms with Crippen LogP contribution in [0.3, 0.4) is 0 Å². The molecule has 0 amide bonds. The highest BCUT2D eigenvalue weighted by Crippen LogP contribution is 2.33. The first-order chi connectivity index (χ1) is 8.61. The molecule has 0 spiro atoms. The van der Waals surface area contributed by atoms with Crippen LogP contribution in [-0.2, 0) is 5.67 Å². The van der Waals surface area contributed by atoms with E-state index in [1.807, 2.05) is 6.92 Å². The molecule has 0 radical (unpaired) electrons. The smallest absolute Gasteiger partial charge is 0.179 e. The lowest BCUT2D eigenvalue weighted by Gasteiger charge is -2.30. The second kappa shape index (κ2) is 5.06. The summed E-state index contributed by atoms with van der Waals surface area (Å²) in [6, 6.07) is 6.06. The first-order valence-corrected chi connectivity index (χ1v) is 6.08. The van der Waals surface area contributed by atoms with Crippen molar-refractivity contribution in [1.82, 2.24) is 5.32 Å². The van der Waals surface area contributed by atoms with Gasteiger partial charge in [-0.05, 0) is 37.2 Å². The third-order valence-corrected chi connectivity index (χ3v) is 3.32. The van der Waals surface area contributed by atoms with Crippen LogP contribution in [0.1, 0.15) is 19.4 Å². The zero-order valence-electron chi connectivity index (χ0n) is 10.5. The van der Waals surface area contributed by atoms with Gasteiger partial charge in [0.2, 0.25) is 0 Å². The number of likely N-dealkylation sites (N-methyl/N-ethyl adjacent to an activating group) is 1. The zero-order chi connectivity index (χ0) is 13.2. The number of hydrogen-bond acceptors (Lipinski definition) is 2. The summed E-state index contributed by atoms with van der Waals surface area (Å²) < 4.78 is 33.2. The maximum absolute atomic E-state index is 14.8. The monoisotopic (exact) mass is 253 g/mol. The minimum Gasteiger partial charge on any atom is -0.464 e. The molecule has 2 rings (SSSR count). The summed E-state index contributed by atoms with van der Waals surface area (Å²) in [6.07, 6.45) is 1.54. The van der Waals surface area contributed by atoms with Gasteiger partial charge in [-0.2, -0.15) is 0 Å². The highest BCUT2D eigenvalue weighted by atomic mass is 19.2. The molecule has 0 aliphatic rings. The highest BCUT2D eigenvalue weighted by molar-refractivity contribution is 5.78. The summed E-state index contributed by atoms with van der Waals surface area (Å²) in [6.45, 7) is 3.07. The molecule has 98 valence electrons. The van der Waals surface area contributed by atoms with E-state index in [9.17, 15) is 8.78 Å². The summed E-state index contributed by atoms with van der Waals surface area (Å²) >= 11 is 0. The lowest BCUT2D eigenvalue weighted by molar-refractivity contribution is 0.0776. The predicted molar refractivity (Wildman–Crippen MR) is 68.1 cm³/mol. The van der Waals surface area contributed by atoms with Crippen LogP contribution in [0.2, 0.25) is 0 Å². The van der Waals surface area contributed by atoms with Crippen molar-refractivity contribution in [2.45, 2.75) is 25.6 Å². The van der Waals surface area contributed by atoms with E-state index in [1.54, 1.807) is 31.2 Å². The number of fused-ring (bicyclic) bond motifs is 1. The Morgan fingerprint density at radius 2 is 2.17 bits per heavy atom. The lowest BCUT2D eigenvalue weighted by Crippen LogP contribution is -2.45. The second-order valence-electron chi connectivity index (χ2n) is 4.45. The standard InChI is InChI=1S/C14H17F2NO/c1-3-17-10(2)14(16,9-15)12-4-5-13-11(8-12)6-7-18-13/h4-8,10,17H,3,9H2,1-2H3. The number of alkyl halides is 2. The van der Waals surface area contributed by atoms with Crippen LogP contribution in [0.5, 0.6) is 0 Å². The first-order valence-electron chi connectivity index (χ1n) is 6.08. The van der Waals surface area contributed by atoms with Crippen molar-refractivity contribution in [3.05, 3.63) is 36.1 Å². The van der Waals surface area contributed by atoms with Gasteiger partial charge < -0.3 is 9.73 Å². The minimum absolute atomic E-state index is 0.340. The van der Waals surface area contributed by atoms with Crippen LogP contribution >= 0.6 is 0 Å². The molecular formula is C14H17F2NO. The summed E-state index contributed by atoms with van der Waals surface area (Å²) in [7, 11) is 0. The molecule has 4 heteroatoms. The topological polar surface area (TPSA) is 25.2 Å². The van der Waals surface area contributed by atoms with Gasteiger partial charge in [0, 0.05) is 11.4 Å². The van der Waals surface area contributed by atoms with E-state index < -0.39 is 18.4 Å². The molecule has 2 aromatic rings. The molecule has 18 heavy (non-hydrogen) atoms. The Hall–Kier alpha value is -1.42. The average molecular weight is 253 g/mol. The van der Waals surface area contributed by atoms with Gasteiger partial charge in [0.05, 0.1) is 6.26 Å². The molecule has 1 aromatic heterocycles. The summed E-state index contributed by atoms with van der Waals surface area (Å²) in [4.78, 5) is 0. The van der Waals surface area contributed by atoms with Crippen LogP contribution in [0.15, 0.2) is 34.9 Å². The third kappa shape index (κ3) is 2.12. The number of rotatable bonds is 5. The van der Waals surface area contributed by atoms with E-state index in [4.69, 9.17) is 4.42 Å². The number of furan rings is 1. The van der Waals surface area contributed by atoms with E-state index in [0.717, 1.165) is 5.39 Å². The van der Waals surface area contributed by atoms with Crippen LogP contribution in [0.25, 0.3) is 11.0 Å². The van der Waals surface area contributed by atoms with Crippen molar-refractivity contribution in [2.24, 2.45) is 0 Å². The molecule has 0 bridgehead atoms. The Kier molecular flexibility index (Phi) is 3.66. The zero-order valence-corrected chi connectivity index (χ0v) is 10.5. The van der Waals surface area contributed by atoms with E-state index in [1.165, 1.54) is 6.26 Å². The largest absolute Gasteiger partial charge is 0.464 e. The van der Waals surface area contributed by atoms with Crippen LogP contribution in [0, 0.1) is 0 Å². The predicted octanol–water partition coefficient (Wildman–Crippen LogP) is 3.57. The fourth-order valence-electron chi connectivity index (χ4n) is 2.14. The lowest BCUT2D eigenvalue weighted by atomic mass is 9.89. The molecule has 1 heterocycles. The van der Waals surface area contributed by atoms with Crippen molar-refractivity contribution in [1.29, 1.82) is 0 Å². The van der Waals surface area contributed by atoms with Gasteiger partial charge in [-0.25, -0.2) is 8.78 Å². The Morgan fingerprint density at radius 3 is 2.83 bits per heavy atom. The molecule has 0 fully saturated rings. The number of halogens is 2. The van der Waals surface area contributed by atoms with Crippen molar-refractivity contribution in [3.8, 4) is 0 Å². The number of hydrogen-bond donors (Lipinski definition) is 1. The fraction of sp³-hybridized carbons (Fsp3) is 0.429. The SMILES string of the molecule is CCNC(C)C(F)(CF)c1ccc2occc2c1. The van der Waals surface area contributed by atoms with Gasteiger partial charge >= 0.3 is 0 Å². The highest BCUT2D eigenvalue weighted by Gasteiger charge is 2.38. The van der Waals surface area contributed by atoms with Crippen LogP contribution < -0.4 is 5.32 Å². The minimum atomic E-state index is -2.01. The summed E-state index contributed by atoms with van der Waals surface area (Å²) in [5, 5.41) is 3.72. The van der Waals surface area contributed by atoms with Gasteiger partial charge in [-0.3, -0.25) is 0 Å². The van der Waals surface area contributed by atoms with E-state index in [0.29, 0.717) is 17.7 Å². The molecule has 0 saturated heterocycles. The maximum atomic E-state index is 14.8. The van der Waals surface area contributed by atoms with Crippen molar-refractivity contribution in [3.63, 3.8) is 0 Å². The third-order valence-electron chi connectivity index (χ3n) is 3.32. The normalized spacial score (nSPS) is 16.7.